The Hall–Kier alpha value is -3.35. The van der Waals surface area contributed by atoms with Gasteiger partial charge in [0, 0.05) is 18.5 Å². The topological polar surface area (TPSA) is 105 Å². The van der Waals surface area contributed by atoms with Crippen molar-refractivity contribution in [1.29, 1.82) is 0 Å². The highest BCUT2D eigenvalue weighted by Crippen LogP contribution is 2.44. The number of nitrogens with one attached hydrogen (secondary N) is 2. The monoisotopic (exact) mass is 476 g/mol. The zero-order valence-corrected chi connectivity index (χ0v) is 19.7. The second-order valence-corrected chi connectivity index (χ2v) is 10.1. The Balaban J connectivity index is 1.15. The van der Waals surface area contributed by atoms with Crippen LogP contribution in [0.25, 0.3) is 11.1 Å². The molecular formula is C28H32N2O5. The van der Waals surface area contributed by atoms with Crippen molar-refractivity contribution >= 4 is 18.0 Å². The summed E-state index contributed by atoms with van der Waals surface area (Å²) in [4.78, 5) is 36.7. The van der Waals surface area contributed by atoms with Crippen LogP contribution in [0.4, 0.5) is 4.79 Å². The van der Waals surface area contributed by atoms with Gasteiger partial charge in [0.1, 0.15) is 6.61 Å². The fraction of sp³-hybridized carbons (Fsp3) is 0.464. The van der Waals surface area contributed by atoms with Gasteiger partial charge in [0.25, 0.3) is 0 Å². The quantitative estimate of drug-likeness (QED) is 0.500. The fourth-order valence-electron chi connectivity index (χ4n) is 5.55. The van der Waals surface area contributed by atoms with Gasteiger partial charge in [0.15, 0.2) is 0 Å². The third-order valence-electron chi connectivity index (χ3n) is 7.65. The molecule has 2 aromatic carbocycles. The number of amides is 2. The average molecular weight is 477 g/mol. The Labute approximate surface area is 205 Å². The minimum absolute atomic E-state index is 0.0109. The van der Waals surface area contributed by atoms with Crippen molar-refractivity contribution in [2.75, 3.05) is 13.2 Å². The molecule has 0 spiro atoms. The summed E-state index contributed by atoms with van der Waals surface area (Å²) >= 11 is 0. The number of carboxylic acid groups (broad SMARTS) is 1. The van der Waals surface area contributed by atoms with Crippen LogP contribution in [0.3, 0.4) is 0 Å². The molecule has 5 rings (SSSR count). The number of hydrogen-bond acceptors (Lipinski definition) is 4. The van der Waals surface area contributed by atoms with Crippen LogP contribution in [0, 0.1) is 17.8 Å². The fourth-order valence-corrected chi connectivity index (χ4v) is 5.55. The van der Waals surface area contributed by atoms with E-state index in [9.17, 15) is 19.5 Å². The molecule has 0 bridgehead atoms. The van der Waals surface area contributed by atoms with Gasteiger partial charge in [0.2, 0.25) is 5.91 Å². The molecule has 2 amide bonds. The molecule has 2 saturated carbocycles. The number of ether oxygens (including phenoxy) is 1. The van der Waals surface area contributed by atoms with Crippen LogP contribution < -0.4 is 10.6 Å². The normalized spacial score (nSPS) is 21.6. The number of fused-ring (bicyclic) bond motifs is 3. The first-order valence-corrected chi connectivity index (χ1v) is 12.6. The lowest BCUT2D eigenvalue weighted by molar-refractivity contribution is -0.141. The molecule has 0 aromatic heterocycles. The Bertz CT molecular complexity index is 1070. The van der Waals surface area contributed by atoms with Crippen LogP contribution >= 0.6 is 0 Å². The van der Waals surface area contributed by atoms with Gasteiger partial charge in [0.05, 0.1) is 11.8 Å². The molecule has 0 heterocycles. The van der Waals surface area contributed by atoms with Crippen molar-refractivity contribution in [2.45, 2.75) is 50.5 Å². The number of carbonyl (C=O) groups excluding carboxylic acids is 2. The highest BCUT2D eigenvalue weighted by atomic mass is 16.5. The maximum atomic E-state index is 12.9. The third-order valence-corrected chi connectivity index (χ3v) is 7.65. The summed E-state index contributed by atoms with van der Waals surface area (Å²) in [6.07, 6.45) is 4.16. The number of carboxylic acids is 1. The molecule has 35 heavy (non-hydrogen) atoms. The molecule has 3 unspecified atom stereocenters. The first-order valence-electron chi connectivity index (χ1n) is 12.6. The Morgan fingerprint density at radius 2 is 1.60 bits per heavy atom. The maximum Gasteiger partial charge on any atom is 0.407 e. The molecule has 2 fully saturated rings. The van der Waals surface area contributed by atoms with Gasteiger partial charge in [-0.3, -0.25) is 9.59 Å². The van der Waals surface area contributed by atoms with Gasteiger partial charge < -0.3 is 20.5 Å². The van der Waals surface area contributed by atoms with Crippen molar-refractivity contribution in [1.82, 2.24) is 10.6 Å². The van der Waals surface area contributed by atoms with Crippen LogP contribution in [0.1, 0.15) is 55.6 Å². The predicted octanol–water partition coefficient (Wildman–Crippen LogP) is 4.31. The van der Waals surface area contributed by atoms with E-state index in [2.05, 4.69) is 34.9 Å². The van der Waals surface area contributed by atoms with Gasteiger partial charge in [-0.2, -0.15) is 0 Å². The standard InChI is InChI=1S/C28H32N2O5/c31-26(30-20-12-11-18(14-20)27(32)33)19(13-17-9-10-17)15-29-28(34)35-16-25-23-7-3-1-5-21(23)22-6-2-4-8-24(22)25/h1-8,17-20,25H,9-16H2,(H,29,34)(H,30,31)(H,32,33). The molecule has 3 atom stereocenters. The second kappa shape index (κ2) is 10.1. The zero-order valence-electron chi connectivity index (χ0n) is 19.7. The van der Waals surface area contributed by atoms with E-state index in [1.54, 1.807) is 0 Å². The molecule has 2 aromatic rings. The summed E-state index contributed by atoms with van der Waals surface area (Å²) in [7, 11) is 0. The summed E-state index contributed by atoms with van der Waals surface area (Å²) in [5, 5.41) is 15.0. The van der Waals surface area contributed by atoms with Crippen LogP contribution in [-0.2, 0) is 14.3 Å². The Morgan fingerprint density at radius 3 is 2.20 bits per heavy atom. The number of hydrogen-bond donors (Lipinski definition) is 3. The van der Waals surface area contributed by atoms with E-state index < -0.39 is 12.1 Å². The summed E-state index contributed by atoms with van der Waals surface area (Å²) in [5.74, 6) is -1.12. The maximum absolute atomic E-state index is 12.9. The second-order valence-electron chi connectivity index (χ2n) is 10.1. The van der Waals surface area contributed by atoms with Crippen molar-refractivity contribution in [3.63, 3.8) is 0 Å². The minimum Gasteiger partial charge on any atom is -0.481 e. The summed E-state index contributed by atoms with van der Waals surface area (Å²) in [6.45, 7) is 0.450. The lowest BCUT2D eigenvalue weighted by Crippen LogP contribution is -2.43. The van der Waals surface area contributed by atoms with Gasteiger partial charge in [-0.05, 0) is 53.9 Å². The molecule has 7 nitrogen and oxygen atoms in total. The van der Waals surface area contributed by atoms with Gasteiger partial charge >= 0.3 is 12.1 Å². The molecule has 184 valence electrons. The lowest BCUT2D eigenvalue weighted by Gasteiger charge is -2.21. The van der Waals surface area contributed by atoms with Crippen LogP contribution in [0.2, 0.25) is 0 Å². The Morgan fingerprint density at radius 1 is 0.943 bits per heavy atom. The lowest BCUT2D eigenvalue weighted by atomic mass is 9.98. The van der Waals surface area contributed by atoms with E-state index in [0.29, 0.717) is 25.2 Å². The van der Waals surface area contributed by atoms with Gasteiger partial charge in [-0.15, -0.1) is 0 Å². The van der Waals surface area contributed by atoms with Gasteiger partial charge in [-0.25, -0.2) is 4.79 Å². The highest BCUT2D eigenvalue weighted by molar-refractivity contribution is 5.81. The Kier molecular flexibility index (Phi) is 6.75. The molecule has 0 radical (unpaired) electrons. The SMILES string of the molecule is O=C(NCC(CC1CC1)C(=O)NC1CCC(C(=O)O)C1)OCC1c2ccccc2-c2ccccc21. The van der Waals surface area contributed by atoms with Crippen molar-refractivity contribution < 1.29 is 24.2 Å². The predicted molar refractivity (Wildman–Crippen MR) is 131 cm³/mol. The summed E-state index contributed by atoms with van der Waals surface area (Å²) < 4.78 is 5.62. The molecule has 0 saturated heterocycles. The number of alkyl carbamates (subject to hydrolysis) is 1. The first-order chi connectivity index (χ1) is 17.0. The van der Waals surface area contributed by atoms with E-state index in [4.69, 9.17) is 4.74 Å². The number of carbonyl (C=O) groups is 3. The van der Waals surface area contributed by atoms with Crippen molar-refractivity contribution in [2.24, 2.45) is 17.8 Å². The molecule has 3 N–H and O–H groups in total. The van der Waals surface area contributed by atoms with E-state index in [1.807, 2.05) is 24.3 Å². The molecule has 3 aliphatic rings. The van der Waals surface area contributed by atoms with Crippen LogP contribution in [0.15, 0.2) is 48.5 Å². The van der Waals surface area contributed by atoms with Gasteiger partial charge in [-0.1, -0.05) is 61.4 Å². The van der Waals surface area contributed by atoms with Crippen molar-refractivity contribution in [3.8, 4) is 11.1 Å². The van der Waals surface area contributed by atoms with E-state index in [0.717, 1.165) is 30.4 Å². The largest absolute Gasteiger partial charge is 0.481 e. The molecule has 3 aliphatic carbocycles. The van der Waals surface area contributed by atoms with E-state index in [1.165, 1.54) is 11.1 Å². The zero-order chi connectivity index (χ0) is 24.4. The molecule has 7 heteroatoms. The molecular weight excluding hydrogens is 444 g/mol. The van der Waals surface area contributed by atoms with Crippen LogP contribution in [-0.4, -0.2) is 42.3 Å². The third kappa shape index (κ3) is 5.34. The minimum atomic E-state index is -0.798. The van der Waals surface area contributed by atoms with E-state index >= 15 is 0 Å². The summed E-state index contributed by atoms with van der Waals surface area (Å²) in [5.41, 5.74) is 4.66. The molecule has 0 aliphatic heterocycles. The summed E-state index contributed by atoms with van der Waals surface area (Å²) in [6, 6.07) is 16.3. The first kappa shape index (κ1) is 23.4. The van der Waals surface area contributed by atoms with E-state index in [-0.39, 0.29) is 42.9 Å². The number of benzene rings is 2. The highest BCUT2D eigenvalue weighted by Gasteiger charge is 2.34. The number of rotatable bonds is 9. The smallest absolute Gasteiger partial charge is 0.407 e. The van der Waals surface area contributed by atoms with Crippen LogP contribution in [0.5, 0.6) is 0 Å². The average Bonchev–Trinajstić information content (AvgIpc) is 3.46. The van der Waals surface area contributed by atoms with Crippen molar-refractivity contribution in [3.05, 3.63) is 59.7 Å². The number of aliphatic carboxylic acids is 1.